The van der Waals surface area contributed by atoms with Crippen LogP contribution in [-0.2, 0) is 0 Å². The fraction of sp³-hybridized carbons (Fsp3) is 0.312. The number of rotatable bonds is 5. The lowest BCUT2D eigenvalue weighted by molar-refractivity contribution is 0.0996. The van der Waals surface area contributed by atoms with Crippen LogP contribution in [0.2, 0.25) is 5.02 Å². The van der Waals surface area contributed by atoms with Crippen molar-refractivity contribution in [2.45, 2.75) is 18.9 Å². The lowest BCUT2D eigenvalue weighted by Crippen LogP contribution is -2.38. The number of hydrogen-bond donors (Lipinski definition) is 4. The molecule has 1 saturated heterocycles. The van der Waals surface area contributed by atoms with E-state index < -0.39 is 5.91 Å². The first kappa shape index (κ1) is 16.5. The van der Waals surface area contributed by atoms with E-state index in [4.69, 9.17) is 17.3 Å². The van der Waals surface area contributed by atoms with Crippen molar-refractivity contribution in [2.24, 2.45) is 5.73 Å². The fourth-order valence-corrected chi connectivity index (χ4v) is 2.80. The molecule has 0 spiro atoms. The molecule has 0 radical (unpaired) electrons. The molecule has 5 N–H and O–H groups in total. The van der Waals surface area contributed by atoms with Gasteiger partial charge in [-0.25, -0.2) is 9.97 Å². The van der Waals surface area contributed by atoms with Crippen molar-refractivity contribution in [1.82, 2.24) is 15.3 Å². The molecule has 1 aliphatic rings. The topological polar surface area (TPSA) is 105 Å². The maximum Gasteiger partial charge on any atom is 0.271 e. The highest BCUT2D eigenvalue weighted by Crippen LogP contribution is 2.22. The number of halogens is 1. The highest BCUT2D eigenvalue weighted by atomic mass is 35.5. The zero-order valence-electron chi connectivity index (χ0n) is 13.1. The minimum absolute atomic E-state index is 0.0855. The van der Waals surface area contributed by atoms with Crippen LogP contribution in [0.4, 0.5) is 17.3 Å². The third-order valence-electron chi connectivity index (χ3n) is 3.74. The first-order valence-corrected chi connectivity index (χ1v) is 8.16. The fourth-order valence-electron chi connectivity index (χ4n) is 2.61. The first-order valence-electron chi connectivity index (χ1n) is 7.78. The molecule has 1 aromatic carbocycles. The molecule has 2 aromatic rings. The van der Waals surface area contributed by atoms with Crippen LogP contribution in [0, 0.1) is 0 Å². The Kier molecular flexibility index (Phi) is 5.12. The van der Waals surface area contributed by atoms with Crippen molar-refractivity contribution >= 4 is 34.8 Å². The summed E-state index contributed by atoms with van der Waals surface area (Å²) in [5.41, 5.74) is 6.18. The third-order valence-corrected chi connectivity index (χ3v) is 3.98. The summed E-state index contributed by atoms with van der Waals surface area (Å²) in [5, 5.41) is 10.3. The van der Waals surface area contributed by atoms with Crippen LogP contribution >= 0.6 is 11.6 Å². The van der Waals surface area contributed by atoms with E-state index in [-0.39, 0.29) is 11.7 Å². The van der Waals surface area contributed by atoms with Gasteiger partial charge in [-0.15, -0.1) is 0 Å². The number of aromatic nitrogens is 2. The van der Waals surface area contributed by atoms with Crippen molar-refractivity contribution in [3.63, 3.8) is 0 Å². The number of anilines is 3. The minimum atomic E-state index is -0.641. The van der Waals surface area contributed by atoms with Crippen molar-refractivity contribution in [1.29, 1.82) is 0 Å². The second-order valence-corrected chi connectivity index (χ2v) is 6.08. The Morgan fingerprint density at radius 2 is 2.29 bits per heavy atom. The van der Waals surface area contributed by atoms with Crippen LogP contribution in [0.25, 0.3) is 0 Å². The highest BCUT2D eigenvalue weighted by Gasteiger charge is 2.17. The molecule has 2 heterocycles. The van der Waals surface area contributed by atoms with Gasteiger partial charge in [0.05, 0.1) is 6.20 Å². The molecule has 1 aliphatic heterocycles. The molecular formula is C16H19ClN6O. The number of amides is 1. The lowest BCUT2D eigenvalue weighted by Gasteiger charge is -2.24. The van der Waals surface area contributed by atoms with E-state index in [2.05, 4.69) is 25.9 Å². The van der Waals surface area contributed by atoms with E-state index in [1.165, 1.54) is 6.20 Å². The molecule has 0 unspecified atom stereocenters. The molecule has 1 atom stereocenters. The Bertz CT molecular complexity index is 732. The molecule has 7 nitrogen and oxygen atoms in total. The zero-order chi connectivity index (χ0) is 16.9. The number of hydrogen-bond acceptors (Lipinski definition) is 6. The third kappa shape index (κ3) is 4.12. The zero-order valence-corrected chi connectivity index (χ0v) is 13.8. The Morgan fingerprint density at radius 1 is 1.42 bits per heavy atom. The normalized spacial score (nSPS) is 17.3. The summed E-state index contributed by atoms with van der Waals surface area (Å²) in [4.78, 5) is 20.2. The van der Waals surface area contributed by atoms with Gasteiger partial charge in [0.1, 0.15) is 5.82 Å². The maximum atomic E-state index is 11.6. The summed E-state index contributed by atoms with van der Waals surface area (Å²) in [6, 6.07) is 7.41. The Morgan fingerprint density at radius 3 is 3.00 bits per heavy atom. The van der Waals surface area contributed by atoms with Gasteiger partial charge in [-0.3, -0.25) is 4.79 Å². The maximum absolute atomic E-state index is 11.6. The molecule has 1 amide bonds. The van der Waals surface area contributed by atoms with E-state index in [9.17, 15) is 4.79 Å². The van der Waals surface area contributed by atoms with E-state index in [0.29, 0.717) is 22.3 Å². The molecule has 1 fully saturated rings. The van der Waals surface area contributed by atoms with Crippen molar-refractivity contribution < 1.29 is 4.79 Å². The molecular weight excluding hydrogens is 328 g/mol. The minimum Gasteiger partial charge on any atom is -0.365 e. The number of nitrogens with two attached hydrogens (primary N) is 1. The molecule has 0 saturated carbocycles. The Labute approximate surface area is 145 Å². The second kappa shape index (κ2) is 7.46. The van der Waals surface area contributed by atoms with Crippen molar-refractivity contribution in [3.05, 3.63) is 41.2 Å². The van der Waals surface area contributed by atoms with Crippen LogP contribution < -0.4 is 21.7 Å². The number of primary amides is 1. The summed E-state index contributed by atoms with van der Waals surface area (Å²) >= 11 is 5.99. The summed E-state index contributed by atoms with van der Waals surface area (Å²) in [6.45, 7) is 1.91. The van der Waals surface area contributed by atoms with Crippen LogP contribution in [0.15, 0.2) is 30.5 Å². The number of carbonyl (C=O) groups excluding carboxylic acids is 1. The van der Waals surface area contributed by atoms with Crippen LogP contribution in [0.5, 0.6) is 0 Å². The van der Waals surface area contributed by atoms with Gasteiger partial charge < -0.3 is 21.7 Å². The number of nitrogens with zero attached hydrogens (tertiary/aromatic N) is 2. The standard InChI is InChI=1S/C16H19ClN6O/c17-10-3-1-4-11(7-10)22-16-14(15(18)24)20-9-13(23-16)21-12-5-2-6-19-8-12/h1,3-4,7,9,12,19H,2,5-6,8H2,(H2,18,24)(H2,21,22,23)/t12-/m1/s1. The molecule has 126 valence electrons. The van der Waals surface area contributed by atoms with E-state index in [1.807, 2.05) is 6.07 Å². The predicted octanol–water partition coefficient (Wildman–Crippen LogP) is 2.14. The Balaban J connectivity index is 1.84. The number of benzene rings is 1. The van der Waals surface area contributed by atoms with Gasteiger partial charge >= 0.3 is 0 Å². The second-order valence-electron chi connectivity index (χ2n) is 5.64. The van der Waals surface area contributed by atoms with E-state index in [0.717, 1.165) is 25.9 Å². The lowest BCUT2D eigenvalue weighted by atomic mass is 10.1. The number of nitrogens with one attached hydrogen (secondary N) is 3. The number of piperidine rings is 1. The van der Waals surface area contributed by atoms with Gasteiger partial charge in [0.2, 0.25) is 0 Å². The van der Waals surface area contributed by atoms with E-state index >= 15 is 0 Å². The smallest absolute Gasteiger partial charge is 0.271 e. The predicted molar refractivity (Wildman–Crippen MR) is 94.8 cm³/mol. The average molecular weight is 347 g/mol. The summed E-state index contributed by atoms with van der Waals surface area (Å²) in [6.07, 6.45) is 3.69. The molecule has 1 aromatic heterocycles. The van der Waals surface area contributed by atoms with Crippen molar-refractivity contribution in [2.75, 3.05) is 23.7 Å². The van der Waals surface area contributed by atoms with Gasteiger partial charge in [-0.05, 0) is 37.6 Å². The summed E-state index contributed by atoms with van der Waals surface area (Å²) in [5.74, 6) is 0.259. The number of carbonyl (C=O) groups is 1. The van der Waals surface area contributed by atoms with E-state index in [1.54, 1.807) is 18.2 Å². The van der Waals surface area contributed by atoms with Crippen LogP contribution in [0.1, 0.15) is 23.3 Å². The quantitative estimate of drug-likeness (QED) is 0.661. The molecule has 0 bridgehead atoms. The molecule has 24 heavy (non-hydrogen) atoms. The summed E-state index contributed by atoms with van der Waals surface area (Å²) < 4.78 is 0. The van der Waals surface area contributed by atoms with Crippen molar-refractivity contribution in [3.8, 4) is 0 Å². The van der Waals surface area contributed by atoms with Gasteiger partial charge in [-0.1, -0.05) is 17.7 Å². The summed E-state index contributed by atoms with van der Waals surface area (Å²) in [7, 11) is 0. The molecule has 0 aliphatic carbocycles. The SMILES string of the molecule is NC(=O)c1ncc(N[C@@H]2CCCNC2)nc1Nc1cccc(Cl)c1. The van der Waals surface area contributed by atoms with Gasteiger partial charge in [-0.2, -0.15) is 0 Å². The molecule has 8 heteroatoms. The van der Waals surface area contributed by atoms with Gasteiger partial charge in [0.15, 0.2) is 11.5 Å². The van der Waals surface area contributed by atoms with Gasteiger partial charge in [0, 0.05) is 23.3 Å². The monoisotopic (exact) mass is 346 g/mol. The highest BCUT2D eigenvalue weighted by molar-refractivity contribution is 6.30. The van der Waals surface area contributed by atoms with Gasteiger partial charge in [0.25, 0.3) is 5.91 Å². The van der Waals surface area contributed by atoms with Crippen LogP contribution in [-0.4, -0.2) is 35.0 Å². The molecule has 3 rings (SSSR count). The first-order chi connectivity index (χ1) is 11.6. The van der Waals surface area contributed by atoms with Crippen LogP contribution in [0.3, 0.4) is 0 Å². The largest absolute Gasteiger partial charge is 0.365 e. The average Bonchev–Trinajstić information content (AvgIpc) is 2.56. The Hall–Kier alpha value is -2.38.